The highest BCUT2D eigenvalue weighted by Crippen LogP contribution is 2.29. The second-order valence-electron chi connectivity index (χ2n) is 4.51. The summed E-state index contributed by atoms with van der Waals surface area (Å²) in [6.45, 7) is 2.89. The highest BCUT2D eigenvalue weighted by Gasteiger charge is 2.20. The van der Waals surface area contributed by atoms with Crippen LogP contribution in [0.25, 0.3) is 0 Å². The lowest BCUT2D eigenvalue weighted by Crippen LogP contribution is -2.25. The lowest BCUT2D eigenvalue weighted by Gasteiger charge is -2.20. The molecule has 0 fully saturated rings. The number of rotatable bonds is 6. The van der Waals surface area contributed by atoms with Crippen molar-refractivity contribution in [2.75, 3.05) is 13.7 Å². The molecular formula is C15H17BrFN3O. The Balaban J connectivity index is 2.44. The van der Waals surface area contributed by atoms with Crippen LogP contribution in [0.5, 0.6) is 5.88 Å². The number of benzene rings is 1. The Morgan fingerprint density at radius 3 is 2.76 bits per heavy atom. The number of aromatic nitrogens is 2. The standard InChI is InChI=1S/C15H17BrFN3O/c1-3-6-18-13(10-4-5-12(17)11(16)9-10)14-15(21-2)20-8-7-19-14/h4-5,7-9,13,18H,3,6H2,1-2H3. The van der Waals surface area contributed by atoms with Gasteiger partial charge in [-0.1, -0.05) is 13.0 Å². The van der Waals surface area contributed by atoms with E-state index in [1.807, 2.05) is 0 Å². The van der Waals surface area contributed by atoms with E-state index in [1.54, 1.807) is 31.6 Å². The maximum absolute atomic E-state index is 13.4. The van der Waals surface area contributed by atoms with E-state index in [9.17, 15) is 4.39 Å². The van der Waals surface area contributed by atoms with E-state index in [2.05, 4.69) is 38.1 Å². The molecule has 0 aliphatic heterocycles. The highest BCUT2D eigenvalue weighted by molar-refractivity contribution is 9.10. The predicted octanol–water partition coefficient (Wildman–Crippen LogP) is 3.48. The molecule has 0 saturated carbocycles. The Morgan fingerprint density at radius 1 is 1.33 bits per heavy atom. The van der Waals surface area contributed by atoms with Crippen LogP contribution in [-0.2, 0) is 0 Å². The van der Waals surface area contributed by atoms with Gasteiger partial charge in [0, 0.05) is 12.4 Å². The molecule has 0 spiro atoms. The smallest absolute Gasteiger partial charge is 0.237 e. The summed E-state index contributed by atoms with van der Waals surface area (Å²) >= 11 is 3.22. The Hall–Kier alpha value is -1.53. The minimum atomic E-state index is -0.292. The van der Waals surface area contributed by atoms with Gasteiger partial charge in [-0.2, -0.15) is 0 Å². The molecule has 0 bridgehead atoms. The zero-order valence-electron chi connectivity index (χ0n) is 11.9. The van der Waals surface area contributed by atoms with E-state index in [4.69, 9.17) is 4.74 Å². The molecule has 0 amide bonds. The quantitative estimate of drug-likeness (QED) is 0.863. The van der Waals surface area contributed by atoms with Gasteiger partial charge >= 0.3 is 0 Å². The molecule has 21 heavy (non-hydrogen) atoms. The SMILES string of the molecule is CCCNC(c1ccc(F)c(Br)c1)c1nccnc1OC. The van der Waals surface area contributed by atoms with Crippen LogP contribution in [0.1, 0.15) is 30.6 Å². The van der Waals surface area contributed by atoms with Crippen LogP contribution >= 0.6 is 15.9 Å². The van der Waals surface area contributed by atoms with Gasteiger partial charge < -0.3 is 10.1 Å². The van der Waals surface area contributed by atoms with Gasteiger partial charge in [-0.25, -0.2) is 9.37 Å². The van der Waals surface area contributed by atoms with Crippen molar-refractivity contribution in [3.8, 4) is 5.88 Å². The van der Waals surface area contributed by atoms with Gasteiger partial charge in [0.2, 0.25) is 5.88 Å². The molecule has 0 aliphatic rings. The van der Waals surface area contributed by atoms with Crippen LogP contribution in [-0.4, -0.2) is 23.6 Å². The predicted molar refractivity (Wildman–Crippen MR) is 82.8 cm³/mol. The first-order valence-electron chi connectivity index (χ1n) is 6.70. The summed E-state index contributed by atoms with van der Waals surface area (Å²) in [6.07, 6.45) is 4.18. The number of methoxy groups -OCH3 is 1. The summed E-state index contributed by atoms with van der Waals surface area (Å²) < 4.78 is 19.1. The van der Waals surface area contributed by atoms with Gasteiger partial charge in [0.15, 0.2) is 0 Å². The average Bonchev–Trinajstić information content (AvgIpc) is 2.51. The Morgan fingerprint density at radius 2 is 2.10 bits per heavy atom. The molecule has 2 aromatic rings. The number of nitrogens with one attached hydrogen (secondary N) is 1. The minimum Gasteiger partial charge on any atom is -0.480 e. The Bertz CT molecular complexity index is 609. The third kappa shape index (κ3) is 3.77. The number of ether oxygens (including phenoxy) is 1. The third-order valence-electron chi connectivity index (χ3n) is 3.03. The number of halogens is 2. The zero-order chi connectivity index (χ0) is 15.2. The maximum atomic E-state index is 13.4. The van der Waals surface area contributed by atoms with Crippen LogP contribution in [0, 0.1) is 5.82 Å². The molecule has 4 nitrogen and oxygen atoms in total. The first-order valence-corrected chi connectivity index (χ1v) is 7.49. The molecule has 0 radical (unpaired) electrons. The van der Waals surface area contributed by atoms with Gasteiger partial charge in [-0.3, -0.25) is 4.98 Å². The van der Waals surface area contributed by atoms with E-state index >= 15 is 0 Å². The van der Waals surface area contributed by atoms with E-state index in [0.29, 0.717) is 16.0 Å². The second kappa shape index (κ2) is 7.47. The van der Waals surface area contributed by atoms with Crippen LogP contribution in [0.3, 0.4) is 0 Å². The normalized spacial score (nSPS) is 12.2. The lowest BCUT2D eigenvalue weighted by molar-refractivity contribution is 0.382. The van der Waals surface area contributed by atoms with Crippen LogP contribution in [0.4, 0.5) is 4.39 Å². The molecule has 0 saturated heterocycles. The van der Waals surface area contributed by atoms with Gasteiger partial charge in [0.25, 0.3) is 0 Å². The summed E-state index contributed by atoms with van der Waals surface area (Å²) in [5.74, 6) is 0.172. The number of nitrogens with zero attached hydrogens (tertiary/aromatic N) is 2. The van der Waals surface area contributed by atoms with E-state index < -0.39 is 0 Å². The van der Waals surface area contributed by atoms with Crippen LogP contribution < -0.4 is 10.1 Å². The second-order valence-corrected chi connectivity index (χ2v) is 5.37. The zero-order valence-corrected chi connectivity index (χ0v) is 13.5. The molecule has 1 N–H and O–H groups in total. The van der Waals surface area contributed by atoms with Crippen molar-refractivity contribution >= 4 is 15.9 Å². The van der Waals surface area contributed by atoms with Gasteiger partial charge in [-0.05, 0) is 46.6 Å². The van der Waals surface area contributed by atoms with Crippen molar-refractivity contribution in [1.82, 2.24) is 15.3 Å². The number of hydrogen-bond acceptors (Lipinski definition) is 4. The maximum Gasteiger partial charge on any atom is 0.237 e. The molecule has 1 atom stereocenters. The Labute approximate surface area is 131 Å². The van der Waals surface area contributed by atoms with E-state index in [0.717, 1.165) is 18.5 Å². The monoisotopic (exact) mass is 353 g/mol. The summed E-state index contributed by atoms with van der Waals surface area (Å²) in [5.41, 5.74) is 1.59. The molecule has 2 rings (SSSR count). The van der Waals surface area contributed by atoms with Gasteiger partial charge in [0.1, 0.15) is 11.5 Å². The van der Waals surface area contributed by atoms with Crippen molar-refractivity contribution < 1.29 is 9.13 Å². The van der Waals surface area contributed by atoms with Gasteiger partial charge in [-0.15, -0.1) is 0 Å². The minimum absolute atomic E-state index is 0.203. The van der Waals surface area contributed by atoms with E-state index in [-0.39, 0.29) is 11.9 Å². The molecule has 1 heterocycles. The van der Waals surface area contributed by atoms with Crippen molar-refractivity contribution in [2.24, 2.45) is 0 Å². The first-order chi connectivity index (χ1) is 10.2. The fraction of sp³-hybridized carbons (Fsp3) is 0.333. The molecule has 1 aromatic heterocycles. The summed E-state index contributed by atoms with van der Waals surface area (Å²) in [4.78, 5) is 8.55. The summed E-state index contributed by atoms with van der Waals surface area (Å²) in [5, 5.41) is 3.40. The van der Waals surface area contributed by atoms with Crippen LogP contribution in [0.15, 0.2) is 35.1 Å². The van der Waals surface area contributed by atoms with Crippen LogP contribution in [0.2, 0.25) is 0 Å². The van der Waals surface area contributed by atoms with Crippen molar-refractivity contribution in [1.29, 1.82) is 0 Å². The summed E-state index contributed by atoms with van der Waals surface area (Å²) in [6, 6.07) is 4.71. The molecule has 112 valence electrons. The van der Waals surface area contributed by atoms with E-state index in [1.165, 1.54) is 6.07 Å². The fourth-order valence-electron chi connectivity index (χ4n) is 2.04. The lowest BCUT2D eigenvalue weighted by atomic mass is 10.0. The third-order valence-corrected chi connectivity index (χ3v) is 3.64. The topological polar surface area (TPSA) is 47.0 Å². The Kier molecular flexibility index (Phi) is 5.64. The summed E-state index contributed by atoms with van der Waals surface area (Å²) in [7, 11) is 1.56. The molecule has 1 unspecified atom stereocenters. The molecule has 1 aromatic carbocycles. The van der Waals surface area contributed by atoms with Gasteiger partial charge in [0.05, 0.1) is 17.6 Å². The average molecular weight is 354 g/mol. The first kappa shape index (κ1) is 15.9. The fourth-order valence-corrected chi connectivity index (χ4v) is 2.44. The van der Waals surface area contributed by atoms with Crippen molar-refractivity contribution in [3.05, 3.63) is 52.1 Å². The molecular weight excluding hydrogens is 337 g/mol. The largest absolute Gasteiger partial charge is 0.480 e. The molecule has 0 aliphatic carbocycles. The molecule has 6 heteroatoms. The number of hydrogen-bond donors (Lipinski definition) is 1. The van der Waals surface area contributed by atoms with Crippen molar-refractivity contribution in [2.45, 2.75) is 19.4 Å². The highest BCUT2D eigenvalue weighted by atomic mass is 79.9. The van der Waals surface area contributed by atoms with Crippen molar-refractivity contribution in [3.63, 3.8) is 0 Å².